The molecule has 0 atom stereocenters. The van der Waals surface area contributed by atoms with E-state index in [4.69, 9.17) is 9.47 Å². The van der Waals surface area contributed by atoms with Gasteiger partial charge in [-0.05, 0) is 24.6 Å². The smallest absolute Gasteiger partial charge is 0.388 e. The lowest BCUT2D eigenvalue weighted by Gasteiger charge is -2.08. The molecule has 140 valence electrons. The van der Waals surface area contributed by atoms with E-state index in [0.717, 1.165) is 11.8 Å². The number of nitrogens with one attached hydrogen (secondary N) is 2. The number of pyridine rings is 1. The molecule has 0 bridgehead atoms. The minimum absolute atomic E-state index is 0.104. The molecular formula is C18H17FN4O3S. The van der Waals surface area contributed by atoms with Crippen molar-refractivity contribution in [3.63, 3.8) is 0 Å². The highest BCUT2D eigenvalue weighted by Gasteiger charge is 2.15. The molecule has 0 spiro atoms. The van der Waals surface area contributed by atoms with Gasteiger partial charge in [-0.2, -0.15) is 0 Å². The van der Waals surface area contributed by atoms with Gasteiger partial charge >= 0.3 is 6.09 Å². The van der Waals surface area contributed by atoms with Crippen LogP contribution in [0.25, 0.3) is 0 Å². The van der Waals surface area contributed by atoms with Crippen LogP contribution in [0.2, 0.25) is 0 Å². The number of hydrogen-bond acceptors (Lipinski definition) is 7. The third-order valence-corrected chi connectivity index (χ3v) is 4.21. The molecule has 3 rings (SSSR count). The Balaban J connectivity index is 1.70. The van der Waals surface area contributed by atoms with Crippen LogP contribution in [0.5, 0.6) is 5.88 Å². The molecule has 2 N–H and O–H groups in total. The fourth-order valence-electron chi connectivity index (χ4n) is 2.30. The number of hydrogen-bond donors (Lipinski definition) is 2. The van der Waals surface area contributed by atoms with Crippen molar-refractivity contribution in [2.24, 2.45) is 0 Å². The number of amides is 1. The van der Waals surface area contributed by atoms with E-state index in [-0.39, 0.29) is 5.88 Å². The van der Waals surface area contributed by atoms with E-state index < -0.39 is 11.9 Å². The normalized spacial score (nSPS) is 10.5. The van der Waals surface area contributed by atoms with Crippen LogP contribution in [0, 0.1) is 12.7 Å². The van der Waals surface area contributed by atoms with E-state index in [9.17, 15) is 9.18 Å². The Morgan fingerprint density at radius 3 is 2.89 bits per heavy atom. The maximum absolute atomic E-state index is 13.3. The molecule has 1 aromatic carbocycles. The summed E-state index contributed by atoms with van der Waals surface area (Å²) in [5.74, 6) is -0.371. The quantitative estimate of drug-likeness (QED) is 0.647. The number of aryl methyl sites for hydroxylation is 1. The van der Waals surface area contributed by atoms with Crippen molar-refractivity contribution in [2.75, 3.05) is 17.7 Å². The lowest BCUT2D eigenvalue weighted by molar-refractivity contribution is 0.185. The number of nitrogens with zero attached hydrogens (tertiary/aromatic N) is 2. The Kier molecular flexibility index (Phi) is 5.94. The van der Waals surface area contributed by atoms with Gasteiger partial charge in [0, 0.05) is 18.9 Å². The summed E-state index contributed by atoms with van der Waals surface area (Å²) in [6, 6.07) is 8.51. The molecule has 0 unspecified atom stereocenters. The summed E-state index contributed by atoms with van der Waals surface area (Å²) >= 11 is 1.28. The number of thiazole rings is 1. The molecule has 3 aromatic rings. The third-order valence-electron chi connectivity index (χ3n) is 3.34. The summed E-state index contributed by atoms with van der Waals surface area (Å²) in [6.45, 7) is 2.21. The lowest BCUT2D eigenvalue weighted by atomic mass is 10.2. The van der Waals surface area contributed by atoms with Gasteiger partial charge in [0.05, 0.1) is 29.7 Å². The SMILES string of the molecule is COCc1cccc(NC(=O)Oc2nc(C)sc2Nc2cncc(F)c2)c1. The summed E-state index contributed by atoms with van der Waals surface area (Å²) in [5.41, 5.74) is 1.92. The number of carbonyl (C=O) groups is 1. The Hall–Kier alpha value is -3.04. The van der Waals surface area contributed by atoms with E-state index in [1.807, 2.05) is 6.07 Å². The highest BCUT2D eigenvalue weighted by atomic mass is 32.1. The van der Waals surface area contributed by atoms with Gasteiger partial charge in [-0.25, -0.2) is 14.2 Å². The topological polar surface area (TPSA) is 85.4 Å². The maximum Gasteiger partial charge on any atom is 0.418 e. The van der Waals surface area contributed by atoms with Crippen LogP contribution >= 0.6 is 11.3 Å². The fraction of sp³-hybridized carbons (Fsp3) is 0.167. The molecule has 0 aliphatic carbocycles. The third kappa shape index (κ3) is 5.22. The molecule has 2 aromatic heterocycles. The second-order valence-electron chi connectivity index (χ2n) is 5.53. The number of anilines is 3. The predicted octanol–water partition coefficient (Wildman–Crippen LogP) is 4.49. The first kappa shape index (κ1) is 18.7. The molecule has 0 aliphatic heterocycles. The predicted molar refractivity (Wildman–Crippen MR) is 101 cm³/mol. The number of ether oxygens (including phenoxy) is 2. The molecule has 1 amide bonds. The first-order valence-corrected chi connectivity index (χ1v) is 8.77. The van der Waals surface area contributed by atoms with Crippen molar-refractivity contribution in [1.82, 2.24) is 9.97 Å². The molecule has 27 heavy (non-hydrogen) atoms. The van der Waals surface area contributed by atoms with Gasteiger partial charge < -0.3 is 14.8 Å². The van der Waals surface area contributed by atoms with Crippen LogP contribution in [0.1, 0.15) is 10.6 Å². The molecule has 0 saturated heterocycles. The summed E-state index contributed by atoms with van der Waals surface area (Å²) < 4.78 is 23.7. The van der Waals surface area contributed by atoms with E-state index in [1.165, 1.54) is 23.6 Å². The van der Waals surface area contributed by atoms with Crippen molar-refractivity contribution in [3.05, 3.63) is 59.1 Å². The zero-order chi connectivity index (χ0) is 19.2. The summed E-state index contributed by atoms with van der Waals surface area (Å²) in [6.07, 6.45) is 1.88. The van der Waals surface area contributed by atoms with Crippen LogP contribution in [-0.2, 0) is 11.3 Å². The van der Waals surface area contributed by atoms with Gasteiger partial charge in [-0.3, -0.25) is 10.3 Å². The monoisotopic (exact) mass is 388 g/mol. The van der Waals surface area contributed by atoms with Crippen LogP contribution < -0.4 is 15.4 Å². The first-order chi connectivity index (χ1) is 13.0. The van der Waals surface area contributed by atoms with Gasteiger partial charge in [0.2, 0.25) is 0 Å². The second-order valence-corrected chi connectivity index (χ2v) is 6.74. The van der Waals surface area contributed by atoms with Gasteiger partial charge in [-0.1, -0.05) is 23.5 Å². The zero-order valence-corrected chi connectivity index (χ0v) is 15.5. The summed E-state index contributed by atoms with van der Waals surface area (Å²) in [7, 11) is 1.60. The van der Waals surface area contributed by atoms with E-state index in [0.29, 0.717) is 28.0 Å². The van der Waals surface area contributed by atoms with Crippen LogP contribution in [-0.4, -0.2) is 23.2 Å². The van der Waals surface area contributed by atoms with Crippen molar-refractivity contribution >= 4 is 33.8 Å². The number of halogens is 1. The zero-order valence-electron chi connectivity index (χ0n) is 14.7. The van der Waals surface area contributed by atoms with Gasteiger partial charge in [0.25, 0.3) is 5.88 Å². The van der Waals surface area contributed by atoms with Crippen molar-refractivity contribution in [3.8, 4) is 5.88 Å². The number of rotatable bonds is 6. The molecule has 9 heteroatoms. The molecule has 0 saturated carbocycles. The highest BCUT2D eigenvalue weighted by molar-refractivity contribution is 7.16. The highest BCUT2D eigenvalue weighted by Crippen LogP contribution is 2.33. The van der Waals surface area contributed by atoms with Crippen LogP contribution in [0.4, 0.5) is 25.6 Å². The van der Waals surface area contributed by atoms with E-state index >= 15 is 0 Å². The lowest BCUT2D eigenvalue weighted by Crippen LogP contribution is -2.17. The molecule has 0 radical (unpaired) electrons. The van der Waals surface area contributed by atoms with Crippen LogP contribution in [0.3, 0.4) is 0 Å². The molecular weight excluding hydrogens is 371 g/mol. The molecule has 0 fully saturated rings. The first-order valence-electron chi connectivity index (χ1n) is 7.95. The Bertz CT molecular complexity index is 948. The molecule has 0 aliphatic rings. The number of benzene rings is 1. The molecule has 7 nitrogen and oxygen atoms in total. The average molecular weight is 388 g/mol. The average Bonchev–Trinajstić information content (AvgIpc) is 2.94. The number of carbonyl (C=O) groups excluding carboxylic acids is 1. The largest absolute Gasteiger partial charge is 0.418 e. The van der Waals surface area contributed by atoms with E-state index in [1.54, 1.807) is 32.2 Å². The Labute approximate surface area is 159 Å². The standard InChI is InChI=1S/C18H17FN4O3S/c1-11-21-16(17(27-11)22-15-7-13(19)8-20-9-15)26-18(24)23-14-5-3-4-12(6-14)10-25-2/h3-9,22H,10H2,1-2H3,(H,23,24). The van der Waals surface area contributed by atoms with Crippen molar-refractivity contribution in [1.29, 1.82) is 0 Å². The number of methoxy groups -OCH3 is 1. The Morgan fingerprint density at radius 2 is 2.11 bits per heavy atom. The summed E-state index contributed by atoms with van der Waals surface area (Å²) in [4.78, 5) is 20.2. The second kappa shape index (κ2) is 8.56. The fourth-order valence-corrected chi connectivity index (χ4v) is 3.07. The molecule has 2 heterocycles. The minimum Gasteiger partial charge on any atom is -0.388 e. The maximum atomic E-state index is 13.3. The summed E-state index contributed by atoms with van der Waals surface area (Å²) in [5, 5.41) is 6.77. The van der Waals surface area contributed by atoms with Crippen LogP contribution in [0.15, 0.2) is 42.7 Å². The number of aromatic nitrogens is 2. The van der Waals surface area contributed by atoms with Gasteiger partial charge in [-0.15, -0.1) is 0 Å². The van der Waals surface area contributed by atoms with Crippen molar-refractivity contribution in [2.45, 2.75) is 13.5 Å². The van der Waals surface area contributed by atoms with Gasteiger partial charge in [0.1, 0.15) is 5.82 Å². The minimum atomic E-state index is -0.685. The van der Waals surface area contributed by atoms with Gasteiger partial charge in [0.15, 0.2) is 5.00 Å². The Morgan fingerprint density at radius 1 is 1.26 bits per heavy atom. The van der Waals surface area contributed by atoms with E-state index in [2.05, 4.69) is 20.6 Å². The van der Waals surface area contributed by atoms with Crippen molar-refractivity contribution < 1.29 is 18.7 Å².